The van der Waals surface area contributed by atoms with Crippen LogP contribution in [-0.4, -0.2) is 19.4 Å². The van der Waals surface area contributed by atoms with Crippen LogP contribution in [0.2, 0.25) is 0 Å². The zero-order valence-corrected chi connectivity index (χ0v) is 13.7. The van der Waals surface area contributed by atoms with Gasteiger partial charge in [-0.1, -0.05) is 13.8 Å². The van der Waals surface area contributed by atoms with Crippen molar-refractivity contribution in [3.63, 3.8) is 0 Å². The van der Waals surface area contributed by atoms with E-state index in [9.17, 15) is 8.42 Å². The molecule has 2 aromatic heterocycles. The molecule has 8 heteroatoms. The van der Waals surface area contributed by atoms with E-state index in [1.54, 1.807) is 12.3 Å². The maximum absolute atomic E-state index is 12.1. The normalized spacial score (nSPS) is 12.2. The molecule has 5 nitrogen and oxygen atoms in total. The zero-order valence-electron chi connectivity index (χ0n) is 11.3. The Hall–Kier alpha value is -0.800. The number of rotatable bonds is 7. The number of aromatic nitrogens is 1. The Morgan fingerprint density at radius 3 is 2.75 bits per heavy atom. The summed E-state index contributed by atoms with van der Waals surface area (Å²) in [7, 11) is -3.45. The van der Waals surface area contributed by atoms with Crippen LogP contribution in [-0.2, 0) is 23.1 Å². The molecule has 0 atom stereocenters. The van der Waals surface area contributed by atoms with Crippen LogP contribution in [0.5, 0.6) is 0 Å². The summed E-state index contributed by atoms with van der Waals surface area (Å²) in [5.41, 5.74) is 0. The molecule has 2 rings (SSSR count). The molecule has 0 spiro atoms. The van der Waals surface area contributed by atoms with Gasteiger partial charge in [-0.15, -0.1) is 22.7 Å². The number of thiazole rings is 1. The second-order valence-corrected chi connectivity index (χ2v) is 8.65. The van der Waals surface area contributed by atoms with Crippen LogP contribution in [0.15, 0.2) is 27.9 Å². The van der Waals surface area contributed by atoms with Gasteiger partial charge in [-0.3, -0.25) is 0 Å². The van der Waals surface area contributed by atoms with Crippen molar-refractivity contribution < 1.29 is 8.42 Å². The molecule has 20 heavy (non-hydrogen) atoms. The van der Waals surface area contributed by atoms with Gasteiger partial charge in [-0.05, 0) is 12.1 Å². The van der Waals surface area contributed by atoms with E-state index in [2.05, 4.69) is 28.9 Å². The molecule has 2 N–H and O–H groups in total. The lowest BCUT2D eigenvalue weighted by Gasteiger charge is -2.05. The van der Waals surface area contributed by atoms with Crippen molar-refractivity contribution in [1.29, 1.82) is 0 Å². The van der Waals surface area contributed by atoms with Gasteiger partial charge < -0.3 is 5.32 Å². The maximum atomic E-state index is 12.1. The van der Waals surface area contributed by atoms with Gasteiger partial charge in [0, 0.05) is 29.0 Å². The highest BCUT2D eigenvalue weighted by Gasteiger charge is 2.17. The quantitative estimate of drug-likeness (QED) is 0.816. The number of hydrogen-bond acceptors (Lipinski definition) is 6. The number of sulfonamides is 1. The third kappa shape index (κ3) is 4.35. The summed E-state index contributed by atoms with van der Waals surface area (Å²) in [6.45, 7) is 5.03. The van der Waals surface area contributed by atoms with Gasteiger partial charge in [-0.2, -0.15) is 0 Å². The summed E-state index contributed by atoms with van der Waals surface area (Å²) in [5, 5.41) is 5.85. The largest absolute Gasteiger partial charge is 0.310 e. The molecule has 110 valence electrons. The molecule has 2 heterocycles. The van der Waals surface area contributed by atoms with Crippen molar-refractivity contribution in [3.05, 3.63) is 33.6 Å². The zero-order chi connectivity index (χ0) is 14.6. The van der Waals surface area contributed by atoms with E-state index in [0.29, 0.717) is 16.8 Å². The van der Waals surface area contributed by atoms with Crippen molar-refractivity contribution in [3.8, 4) is 0 Å². The van der Waals surface area contributed by atoms with E-state index in [4.69, 9.17) is 0 Å². The Kier molecular flexibility index (Phi) is 5.28. The van der Waals surface area contributed by atoms with E-state index in [-0.39, 0.29) is 6.54 Å². The molecule has 0 amide bonds. The number of hydrogen-bond donors (Lipinski definition) is 2. The second kappa shape index (κ2) is 6.77. The van der Waals surface area contributed by atoms with Gasteiger partial charge in [0.1, 0.15) is 9.22 Å². The first-order chi connectivity index (χ1) is 9.47. The lowest BCUT2D eigenvalue weighted by Crippen LogP contribution is -2.22. The number of nitrogens with one attached hydrogen (secondary N) is 2. The summed E-state index contributed by atoms with van der Waals surface area (Å²) < 4.78 is 27.2. The van der Waals surface area contributed by atoms with Crippen LogP contribution in [0.4, 0.5) is 0 Å². The van der Waals surface area contributed by atoms with Crippen LogP contribution >= 0.6 is 22.7 Å². The fourth-order valence-electron chi connectivity index (χ4n) is 1.47. The lowest BCUT2D eigenvalue weighted by molar-refractivity contribution is 0.583. The van der Waals surface area contributed by atoms with Crippen LogP contribution in [0.1, 0.15) is 23.7 Å². The summed E-state index contributed by atoms with van der Waals surface area (Å²) in [5.74, 6) is 0. The predicted octanol–water partition coefficient (Wildman–Crippen LogP) is 2.18. The fraction of sp³-hybridized carbons (Fsp3) is 0.417. The third-order valence-corrected chi connectivity index (χ3v) is 6.24. The van der Waals surface area contributed by atoms with Crippen molar-refractivity contribution >= 4 is 32.7 Å². The molecule has 0 saturated carbocycles. The molecule has 0 aliphatic rings. The van der Waals surface area contributed by atoms with E-state index in [0.717, 1.165) is 9.88 Å². The van der Waals surface area contributed by atoms with Crippen molar-refractivity contribution in [2.75, 3.05) is 0 Å². The standard InChI is InChI=1S/C12H17N3O2S3/c1-9(2)14-7-10-3-4-12(19-10)20(16,17)15-8-11-13-5-6-18-11/h3-6,9,14-15H,7-8H2,1-2H3. The maximum Gasteiger partial charge on any atom is 0.250 e. The minimum Gasteiger partial charge on any atom is -0.310 e. The van der Waals surface area contributed by atoms with Crippen molar-refractivity contribution in [1.82, 2.24) is 15.0 Å². The Morgan fingerprint density at radius 1 is 1.30 bits per heavy atom. The Bertz CT molecular complexity index is 633. The summed E-state index contributed by atoms with van der Waals surface area (Å²) in [6.07, 6.45) is 1.66. The smallest absolute Gasteiger partial charge is 0.250 e. The summed E-state index contributed by atoms with van der Waals surface area (Å²) >= 11 is 2.72. The summed E-state index contributed by atoms with van der Waals surface area (Å²) in [6, 6.07) is 3.87. The highest BCUT2D eigenvalue weighted by molar-refractivity contribution is 7.91. The Balaban J connectivity index is 1.98. The number of nitrogens with zero attached hydrogens (tertiary/aromatic N) is 1. The molecule has 0 saturated heterocycles. The molecular weight excluding hydrogens is 314 g/mol. The highest BCUT2D eigenvalue weighted by atomic mass is 32.2. The number of thiophene rings is 1. The fourth-order valence-corrected chi connectivity index (χ4v) is 4.46. The van der Waals surface area contributed by atoms with Gasteiger partial charge >= 0.3 is 0 Å². The predicted molar refractivity (Wildman–Crippen MR) is 82.4 cm³/mol. The highest BCUT2D eigenvalue weighted by Crippen LogP contribution is 2.21. The minimum absolute atomic E-state index is 0.234. The van der Waals surface area contributed by atoms with Gasteiger partial charge in [0.25, 0.3) is 0 Å². The van der Waals surface area contributed by atoms with Crippen LogP contribution < -0.4 is 10.0 Å². The van der Waals surface area contributed by atoms with Crippen LogP contribution in [0.3, 0.4) is 0 Å². The molecule has 2 aromatic rings. The Morgan fingerprint density at radius 2 is 2.10 bits per heavy atom. The lowest BCUT2D eigenvalue weighted by atomic mass is 10.4. The summed E-state index contributed by atoms with van der Waals surface area (Å²) in [4.78, 5) is 5.06. The molecule has 0 radical (unpaired) electrons. The SMILES string of the molecule is CC(C)NCc1ccc(S(=O)(=O)NCc2nccs2)s1. The first-order valence-electron chi connectivity index (χ1n) is 6.17. The minimum atomic E-state index is -3.45. The molecule has 0 aliphatic carbocycles. The van der Waals surface area contributed by atoms with Gasteiger partial charge in [0.15, 0.2) is 0 Å². The first kappa shape index (κ1) is 15.6. The van der Waals surface area contributed by atoms with E-state index >= 15 is 0 Å². The molecule has 0 aliphatic heterocycles. The molecule has 0 bridgehead atoms. The van der Waals surface area contributed by atoms with Gasteiger partial charge in [0.2, 0.25) is 10.0 Å². The monoisotopic (exact) mass is 331 g/mol. The van der Waals surface area contributed by atoms with Crippen LogP contribution in [0, 0.1) is 0 Å². The average molecular weight is 331 g/mol. The first-order valence-corrected chi connectivity index (χ1v) is 9.35. The van der Waals surface area contributed by atoms with E-state index in [1.807, 2.05) is 11.4 Å². The van der Waals surface area contributed by atoms with Crippen molar-refractivity contribution in [2.24, 2.45) is 0 Å². The second-order valence-electron chi connectivity index (χ2n) is 4.51. The van der Waals surface area contributed by atoms with E-state index < -0.39 is 10.0 Å². The Labute approximate surface area is 127 Å². The molecule has 0 unspecified atom stereocenters. The van der Waals surface area contributed by atoms with Gasteiger partial charge in [0.05, 0.1) is 6.54 Å². The van der Waals surface area contributed by atoms with Crippen molar-refractivity contribution in [2.45, 2.75) is 37.2 Å². The topological polar surface area (TPSA) is 71.1 Å². The van der Waals surface area contributed by atoms with Gasteiger partial charge in [-0.25, -0.2) is 18.1 Å². The third-order valence-electron chi connectivity index (χ3n) is 2.48. The average Bonchev–Trinajstić information content (AvgIpc) is 3.05. The van der Waals surface area contributed by atoms with E-state index in [1.165, 1.54) is 22.7 Å². The molecule has 0 aromatic carbocycles. The molecule has 0 fully saturated rings. The van der Waals surface area contributed by atoms with Crippen LogP contribution in [0.25, 0.3) is 0 Å². The molecular formula is C12H17N3O2S3.